The Hall–Kier alpha value is -3.85. The first-order chi connectivity index (χ1) is 15.6. The number of para-hydroxylation sites is 2. The molecule has 1 N–H and O–H groups in total. The Balaban J connectivity index is 1.54. The first-order valence-electron chi connectivity index (χ1n) is 9.71. The predicted molar refractivity (Wildman–Crippen MR) is 121 cm³/mol. The van der Waals surface area contributed by atoms with Gasteiger partial charge in [0.15, 0.2) is 29.6 Å². The van der Waals surface area contributed by atoms with Gasteiger partial charge in [-0.25, -0.2) is 10.2 Å². The monoisotopic (exact) mass is 454 g/mol. The van der Waals surface area contributed by atoms with Crippen LogP contribution in [0.25, 0.3) is 0 Å². The van der Waals surface area contributed by atoms with E-state index in [0.29, 0.717) is 34.3 Å². The highest BCUT2D eigenvalue weighted by Gasteiger charge is 2.13. The Morgan fingerprint density at radius 1 is 1.00 bits per heavy atom. The molecule has 0 aliphatic heterocycles. The summed E-state index contributed by atoms with van der Waals surface area (Å²) < 4.78 is 21.6. The molecule has 1 aromatic heterocycles. The Morgan fingerprint density at radius 2 is 1.78 bits per heavy atom. The van der Waals surface area contributed by atoms with Gasteiger partial charge in [0.1, 0.15) is 4.88 Å². The van der Waals surface area contributed by atoms with Gasteiger partial charge in [-0.2, -0.15) is 5.10 Å². The number of hydrogen-bond donors (Lipinski definition) is 1. The SMILES string of the molecule is CCOc1ccccc1OCC(=O)N/N=C/c1ccc(OC(=O)c2cccs2)c(OC)c1. The lowest BCUT2D eigenvalue weighted by atomic mass is 10.2. The van der Waals surface area contributed by atoms with Crippen molar-refractivity contribution >= 4 is 29.4 Å². The number of nitrogens with zero attached hydrogens (tertiary/aromatic N) is 1. The molecule has 0 spiro atoms. The molecule has 0 aliphatic rings. The molecular formula is C23H22N2O6S. The molecule has 0 saturated heterocycles. The van der Waals surface area contributed by atoms with Gasteiger partial charge in [-0.1, -0.05) is 18.2 Å². The smallest absolute Gasteiger partial charge is 0.353 e. The zero-order valence-corrected chi connectivity index (χ0v) is 18.4. The molecule has 3 rings (SSSR count). The van der Waals surface area contributed by atoms with Gasteiger partial charge in [0, 0.05) is 0 Å². The van der Waals surface area contributed by atoms with Crippen LogP contribution in [0.15, 0.2) is 65.1 Å². The topological polar surface area (TPSA) is 95.5 Å². The summed E-state index contributed by atoms with van der Waals surface area (Å²) in [5, 5.41) is 5.72. The summed E-state index contributed by atoms with van der Waals surface area (Å²) in [6.45, 7) is 2.14. The summed E-state index contributed by atoms with van der Waals surface area (Å²) in [6, 6.07) is 15.5. The van der Waals surface area contributed by atoms with Crippen molar-refractivity contribution in [2.75, 3.05) is 20.3 Å². The van der Waals surface area contributed by atoms with Crippen molar-refractivity contribution in [1.29, 1.82) is 0 Å². The molecule has 0 bridgehead atoms. The number of thiophene rings is 1. The quantitative estimate of drug-likeness (QED) is 0.216. The molecule has 0 saturated carbocycles. The summed E-state index contributed by atoms with van der Waals surface area (Å²) in [5.41, 5.74) is 3.04. The van der Waals surface area contributed by atoms with Crippen LogP contribution in [-0.2, 0) is 4.79 Å². The normalized spacial score (nSPS) is 10.6. The molecule has 9 heteroatoms. The minimum atomic E-state index is -0.460. The maximum atomic E-state index is 12.1. The van der Waals surface area contributed by atoms with E-state index in [4.69, 9.17) is 18.9 Å². The minimum absolute atomic E-state index is 0.220. The number of carbonyl (C=O) groups is 2. The fraction of sp³-hybridized carbons (Fsp3) is 0.174. The van der Waals surface area contributed by atoms with Crippen LogP contribution < -0.4 is 24.4 Å². The molecule has 2 aromatic carbocycles. The van der Waals surface area contributed by atoms with Crippen LogP contribution >= 0.6 is 11.3 Å². The van der Waals surface area contributed by atoms with Crippen molar-refractivity contribution in [1.82, 2.24) is 5.43 Å². The average molecular weight is 455 g/mol. The Bertz CT molecular complexity index is 1080. The van der Waals surface area contributed by atoms with Gasteiger partial charge in [0.2, 0.25) is 0 Å². The maximum absolute atomic E-state index is 12.1. The first kappa shape index (κ1) is 22.8. The van der Waals surface area contributed by atoms with E-state index < -0.39 is 11.9 Å². The number of ether oxygens (including phenoxy) is 4. The summed E-state index contributed by atoms with van der Waals surface area (Å²) in [6.07, 6.45) is 1.44. The van der Waals surface area contributed by atoms with Gasteiger partial charge < -0.3 is 18.9 Å². The molecule has 166 valence electrons. The molecular weight excluding hydrogens is 432 g/mol. The van der Waals surface area contributed by atoms with Crippen LogP contribution in [0.5, 0.6) is 23.0 Å². The van der Waals surface area contributed by atoms with Gasteiger partial charge >= 0.3 is 5.97 Å². The van der Waals surface area contributed by atoms with E-state index in [-0.39, 0.29) is 12.4 Å². The zero-order valence-electron chi connectivity index (χ0n) is 17.6. The van der Waals surface area contributed by atoms with Crippen LogP contribution in [-0.4, -0.2) is 38.4 Å². The Kier molecular flexibility index (Phi) is 8.22. The third kappa shape index (κ3) is 6.32. The summed E-state index contributed by atoms with van der Waals surface area (Å²) in [4.78, 5) is 24.6. The maximum Gasteiger partial charge on any atom is 0.353 e. The second kappa shape index (κ2) is 11.5. The number of esters is 1. The van der Waals surface area contributed by atoms with E-state index in [2.05, 4.69) is 10.5 Å². The van der Waals surface area contributed by atoms with E-state index >= 15 is 0 Å². The van der Waals surface area contributed by atoms with Crippen molar-refractivity contribution < 1.29 is 28.5 Å². The molecule has 0 aliphatic carbocycles. The molecule has 0 fully saturated rings. The fourth-order valence-corrected chi connectivity index (χ4v) is 3.19. The first-order valence-corrected chi connectivity index (χ1v) is 10.6. The number of benzene rings is 2. The number of rotatable bonds is 10. The van der Waals surface area contributed by atoms with Crippen molar-refractivity contribution in [2.24, 2.45) is 5.10 Å². The van der Waals surface area contributed by atoms with Gasteiger partial charge in [-0.3, -0.25) is 4.79 Å². The average Bonchev–Trinajstić information content (AvgIpc) is 3.35. The van der Waals surface area contributed by atoms with Gasteiger partial charge in [-0.15, -0.1) is 11.3 Å². The second-order valence-corrected chi connectivity index (χ2v) is 7.19. The standard InChI is InChI=1S/C23H22N2O6S/c1-3-29-17-7-4-5-8-18(17)30-15-22(26)25-24-14-16-10-11-19(20(13-16)28-2)31-23(27)21-9-6-12-32-21/h4-14H,3,15H2,1-2H3,(H,25,26)/b24-14+. The van der Waals surface area contributed by atoms with Crippen molar-refractivity contribution in [3.05, 3.63) is 70.4 Å². The van der Waals surface area contributed by atoms with Gasteiger partial charge in [0.25, 0.3) is 5.91 Å². The van der Waals surface area contributed by atoms with Crippen LogP contribution in [0, 0.1) is 0 Å². The third-order valence-electron chi connectivity index (χ3n) is 4.02. The number of amides is 1. The Morgan fingerprint density at radius 3 is 2.47 bits per heavy atom. The lowest BCUT2D eigenvalue weighted by Gasteiger charge is -2.10. The van der Waals surface area contributed by atoms with Crippen molar-refractivity contribution in [3.63, 3.8) is 0 Å². The minimum Gasteiger partial charge on any atom is -0.493 e. The van der Waals surface area contributed by atoms with Gasteiger partial charge in [-0.05, 0) is 54.3 Å². The molecule has 1 amide bonds. The third-order valence-corrected chi connectivity index (χ3v) is 4.87. The second-order valence-electron chi connectivity index (χ2n) is 6.24. The van der Waals surface area contributed by atoms with Crippen molar-refractivity contribution in [2.45, 2.75) is 6.92 Å². The van der Waals surface area contributed by atoms with Gasteiger partial charge in [0.05, 0.1) is 19.9 Å². The van der Waals surface area contributed by atoms with E-state index in [0.717, 1.165) is 0 Å². The predicted octanol–water partition coefficient (Wildman–Crippen LogP) is 3.90. The number of hydrazone groups is 1. The lowest BCUT2D eigenvalue weighted by molar-refractivity contribution is -0.123. The van der Waals surface area contributed by atoms with E-state index in [9.17, 15) is 9.59 Å². The number of nitrogens with one attached hydrogen (secondary N) is 1. The zero-order chi connectivity index (χ0) is 22.8. The summed E-state index contributed by atoms with van der Waals surface area (Å²) in [5.74, 6) is 0.803. The highest BCUT2D eigenvalue weighted by molar-refractivity contribution is 7.12. The molecule has 1 heterocycles. The van der Waals surface area contributed by atoms with Crippen LogP contribution in [0.2, 0.25) is 0 Å². The summed E-state index contributed by atoms with van der Waals surface area (Å²) in [7, 11) is 1.47. The Labute approximate surface area is 189 Å². The van der Waals surface area contributed by atoms with E-state index in [1.54, 1.807) is 53.9 Å². The largest absolute Gasteiger partial charge is 0.493 e. The molecule has 3 aromatic rings. The van der Waals surface area contributed by atoms with Crippen LogP contribution in [0.4, 0.5) is 0 Å². The summed E-state index contributed by atoms with van der Waals surface area (Å²) >= 11 is 1.29. The lowest BCUT2D eigenvalue weighted by Crippen LogP contribution is -2.24. The highest BCUT2D eigenvalue weighted by Crippen LogP contribution is 2.29. The van der Waals surface area contributed by atoms with E-state index in [1.807, 2.05) is 13.0 Å². The molecule has 8 nitrogen and oxygen atoms in total. The van der Waals surface area contributed by atoms with Crippen LogP contribution in [0.1, 0.15) is 22.2 Å². The molecule has 0 unspecified atom stereocenters. The molecule has 0 atom stereocenters. The van der Waals surface area contributed by atoms with E-state index in [1.165, 1.54) is 24.7 Å². The number of hydrogen-bond acceptors (Lipinski definition) is 8. The van der Waals surface area contributed by atoms with Crippen molar-refractivity contribution in [3.8, 4) is 23.0 Å². The number of carbonyl (C=O) groups excluding carboxylic acids is 2. The molecule has 0 radical (unpaired) electrons. The highest BCUT2D eigenvalue weighted by atomic mass is 32.1. The number of methoxy groups -OCH3 is 1. The van der Waals surface area contributed by atoms with Crippen LogP contribution in [0.3, 0.4) is 0 Å². The molecule has 32 heavy (non-hydrogen) atoms. The fourth-order valence-electron chi connectivity index (χ4n) is 2.59.